The Kier molecular flexibility index (Phi) is 3.27. The zero-order chi connectivity index (χ0) is 14.8. The van der Waals surface area contributed by atoms with Crippen LogP contribution in [-0.4, -0.2) is 11.6 Å². The standard InChI is InChI=1S/C18H15NO3/c1-2-4-18(21-11-15-10-19-12-22-15)16(3-1)13-5-6-17-14(9-13)7-8-20-17/h1-6,9-10,12H,7-8,11H2. The normalized spacial score (nSPS) is 12.7. The molecule has 0 saturated carbocycles. The van der Waals surface area contributed by atoms with Crippen molar-refractivity contribution in [3.8, 4) is 22.6 Å². The lowest BCUT2D eigenvalue weighted by atomic mass is 10.0. The molecule has 0 N–H and O–H groups in total. The molecule has 3 aromatic rings. The maximum absolute atomic E-state index is 5.89. The third-order valence-corrected chi connectivity index (χ3v) is 3.74. The van der Waals surface area contributed by atoms with Gasteiger partial charge in [0.1, 0.15) is 18.1 Å². The number of para-hydroxylation sites is 1. The second kappa shape index (κ2) is 5.56. The minimum absolute atomic E-state index is 0.366. The minimum Gasteiger partial charge on any atom is -0.493 e. The van der Waals surface area contributed by atoms with E-state index in [4.69, 9.17) is 13.9 Å². The number of fused-ring (bicyclic) bond motifs is 1. The molecule has 22 heavy (non-hydrogen) atoms. The average molecular weight is 293 g/mol. The lowest BCUT2D eigenvalue weighted by molar-refractivity contribution is 0.271. The van der Waals surface area contributed by atoms with Crippen LogP contribution in [0.3, 0.4) is 0 Å². The Morgan fingerprint density at radius 1 is 1.14 bits per heavy atom. The quantitative estimate of drug-likeness (QED) is 0.733. The molecule has 0 bridgehead atoms. The molecule has 0 atom stereocenters. The molecule has 4 rings (SSSR count). The molecule has 0 aliphatic carbocycles. The van der Waals surface area contributed by atoms with Gasteiger partial charge in [0.05, 0.1) is 12.8 Å². The number of benzene rings is 2. The summed E-state index contributed by atoms with van der Waals surface area (Å²) in [4.78, 5) is 3.89. The lowest BCUT2D eigenvalue weighted by Gasteiger charge is -2.11. The van der Waals surface area contributed by atoms with Crippen molar-refractivity contribution in [1.82, 2.24) is 4.98 Å². The van der Waals surface area contributed by atoms with Gasteiger partial charge in [-0.25, -0.2) is 4.98 Å². The van der Waals surface area contributed by atoms with Gasteiger partial charge in [-0.05, 0) is 29.3 Å². The molecular weight excluding hydrogens is 278 g/mol. The Labute approximate surface area is 128 Å². The third kappa shape index (κ3) is 2.44. The molecule has 0 fully saturated rings. The first-order chi connectivity index (χ1) is 10.9. The summed E-state index contributed by atoms with van der Waals surface area (Å²) in [6.07, 6.45) is 4.03. The molecule has 2 aromatic carbocycles. The second-order valence-electron chi connectivity index (χ2n) is 5.17. The molecule has 1 aromatic heterocycles. The van der Waals surface area contributed by atoms with Crippen molar-refractivity contribution in [2.45, 2.75) is 13.0 Å². The molecule has 0 spiro atoms. The van der Waals surface area contributed by atoms with Crippen molar-refractivity contribution in [2.24, 2.45) is 0 Å². The van der Waals surface area contributed by atoms with Crippen molar-refractivity contribution >= 4 is 0 Å². The van der Waals surface area contributed by atoms with E-state index in [1.165, 1.54) is 12.0 Å². The number of aromatic nitrogens is 1. The number of nitrogens with zero attached hydrogens (tertiary/aromatic N) is 1. The van der Waals surface area contributed by atoms with Crippen LogP contribution in [0.15, 0.2) is 59.5 Å². The van der Waals surface area contributed by atoms with Crippen molar-refractivity contribution in [3.63, 3.8) is 0 Å². The van der Waals surface area contributed by atoms with Crippen LogP contribution in [-0.2, 0) is 13.0 Å². The van der Waals surface area contributed by atoms with Gasteiger partial charge in [0.25, 0.3) is 0 Å². The monoisotopic (exact) mass is 293 g/mol. The van der Waals surface area contributed by atoms with Gasteiger partial charge in [0.15, 0.2) is 12.2 Å². The fraction of sp³-hybridized carbons (Fsp3) is 0.167. The first-order valence-corrected chi connectivity index (χ1v) is 7.25. The highest BCUT2D eigenvalue weighted by Gasteiger charge is 2.14. The van der Waals surface area contributed by atoms with Gasteiger partial charge in [-0.3, -0.25) is 0 Å². The summed E-state index contributed by atoms with van der Waals surface area (Å²) in [5, 5.41) is 0. The van der Waals surface area contributed by atoms with Crippen molar-refractivity contribution in [3.05, 3.63) is 66.4 Å². The summed E-state index contributed by atoms with van der Waals surface area (Å²) in [6.45, 7) is 1.13. The summed E-state index contributed by atoms with van der Waals surface area (Å²) in [7, 11) is 0. The van der Waals surface area contributed by atoms with Crippen molar-refractivity contribution in [1.29, 1.82) is 0 Å². The van der Waals surface area contributed by atoms with Crippen LogP contribution in [0.25, 0.3) is 11.1 Å². The Morgan fingerprint density at radius 2 is 2.09 bits per heavy atom. The maximum Gasteiger partial charge on any atom is 0.181 e. The van der Waals surface area contributed by atoms with Gasteiger partial charge in [0.2, 0.25) is 0 Å². The lowest BCUT2D eigenvalue weighted by Crippen LogP contribution is -1.95. The van der Waals surface area contributed by atoms with Crippen LogP contribution in [0, 0.1) is 0 Å². The Hall–Kier alpha value is -2.75. The fourth-order valence-electron chi connectivity index (χ4n) is 2.65. The number of rotatable bonds is 4. The Balaban J connectivity index is 1.64. The summed E-state index contributed by atoms with van der Waals surface area (Å²) in [5.74, 6) is 2.53. The van der Waals surface area contributed by atoms with Gasteiger partial charge in [-0.1, -0.05) is 24.3 Å². The number of hydrogen-bond donors (Lipinski definition) is 0. The average Bonchev–Trinajstić information content (AvgIpc) is 3.24. The highest BCUT2D eigenvalue weighted by molar-refractivity contribution is 5.72. The van der Waals surface area contributed by atoms with Crippen molar-refractivity contribution < 1.29 is 13.9 Å². The van der Waals surface area contributed by atoms with Crippen molar-refractivity contribution in [2.75, 3.05) is 6.61 Å². The predicted molar refractivity (Wildman–Crippen MR) is 81.9 cm³/mol. The minimum atomic E-state index is 0.366. The largest absolute Gasteiger partial charge is 0.493 e. The van der Waals surface area contributed by atoms with E-state index >= 15 is 0 Å². The fourth-order valence-corrected chi connectivity index (χ4v) is 2.65. The number of hydrogen-bond acceptors (Lipinski definition) is 4. The predicted octanol–water partition coefficient (Wildman–Crippen LogP) is 3.86. The molecular formula is C18H15NO3. The van der Waals surface area contributed by atoms with E-state index in [9.17, 15) is 0 Å². The van der Waals surface area contributed by atoms with Gasteiger partial charge in [-0.15, -0.1) is 0 Å². The highest BCUT2D eigenvalue weighted by Crippen LogP contribution is 2.35. The van der Waals surface area contributed by atoms with E-state index in [0.717, 1.165) is 35.7 Å². The summed E-state index contributed by atoms with van der Waals surface area (Å²) >= 11 is 0. The molecule has 1 aliphatic heterocycles. The van der Waals surface area contributed by atoms with Crippen LogP contribution in [0.4, 0.5) is 0 Å². The summed E-state index contributed by atoms with van der Waals surface area (Å²) < 4.78 is 16.7. The van der Waals surface area contributed by atoms with Crippen LogP contribution in [0.2, 0.25) is 0 Å². The zero-order valence-electron chi connectivity index (χ0n) is 12.0. The van der Waals surface area contributed by atoms with Crippen LogP contribution in [0.1, 0.15) is 11.3 Å². The highest BCUT2D eigenvalue weighted by atomic mass is 16.5. The van der Waals surface area contributed by atoms with E-state index in [2.05, 4.69) is 23.2 Å². The van der Waals surface area contributed by atoms with Crippen LogP contribution in [0.5, 0.6) is 11.5 Å². The molecule has 0 unspecified atom stereocenters. The number of oxazole rings is 1. The molecule has 2 heterocycles. The van der Waals surface area contributed by atoms with E-state index < -0.39 is 0 Å². The smallest absolute Gasteiger partial charge is 0.181 e. The van der Waals surface area contributed by atoms with Crippen LogP contribution < -0.4 is 9.47 Å². The van der Waals surface area contributed by atoms with Crippen LogP contribution >= 0.6 is 0 Å². The molecule has 4 heteroatoms. The zero-order valence-corrected chi connectivity index (χ0v) is 12.0. The van der Waals surface area contributed by atoms with Gasteiger partial charge >= 0.3 is 0 Å². The van der Waals surface area contributed by atoms with E-state index in [1.807, 2.05) is 24.3 Å². The first-order valence-electron chi connectivity index (χ1n) is 7.25. The van der Waals surface area contributed by atoms with Gasteiger partial charge in [-0.2, -0.15) is 0 Å². The molecule has 0 radical (unpaired) electrons. The molecule has 0 amide bonds. The molecule has 110 valence electrons. The maximum atomic E-state index is 5.89. The van der Waals surface area contributed by atoms with E-state index in [1.54, 1.807) is 6.20 Å². The van der Waals surface area contributed by atoms with E-state index in [-0.39, 0.29) is 0 Å². The SMILES string of the molecule is c1ccc(-c2ccc3c(c2)CCO3)c(OCc2cnco2)c1. The van der Waals surface area contributed by atoms with Gasteiger partial charge < -0.3 is 13.9 Å². The first kappa shape index (κ1) is 13.0. The molecule has 4 nitrogen and oxygen atoms in total. The Bertz CT molecular complexity index is 781. The molecule has 0 saturated heterocycles. The summed E-state index contributed by atoms with van der Waals surface area (Å²) in [6, 6.07) is 14.3. The third-order valence-electron chi connectivity index (χ3n) is 3.74. The Morgan fingerprint density at radius 3 is 3.00 bits per heavy atom. The van der Waals surface area contributed by atoms with E-state index in [0.29, 0.717) is 12.4 Å². The molecule has 1 aliphatic rings. The topological polar surface area (TPSA) is 44.5 Å². The van der Waals surface area contributed by atoms with Gasteiger partial charge in [0, 0.05) is 12.0 Å². The summed E-state index contributed by atoms with van der Waals surface area (Å²) in [5.41, 5.74) is 3.46. The number of ether oxygens (including phenoxy) is 2. The second-order valence-corrected chi connectivity index (χ2v) is 5.17.